The molecule has 1 aliphatic rings. The highest BCUT2D eigenvalue weighted by molar-refractivity contribution is 7.14. The van der Waals surface area contributed by atoms with Crippen LogP contribution in [0.4, 0.5) is 28.5 Å². The van der Waals surface area contributed by atoms with Gasteiger partial charge in [0.15, 0.2) is 5.13 Å². The Morgan fingerprint density at radius 3 is 2.66 bits per heavy atom. The average Bonchev–Trinajstić information content (AvgIpc) is 3.63. The van der Waals surface area contributed by atoms with E-state index in [1.54, 1.807) is 12.0 Å². The lowest BCUT2D eigenvalue weighted by Crippen LogP contribution is -2.24. The number of benzene rings is 2. The minimum atomic E-state index is -4.87. The Morgan fingerprint density at radius 2 is 1.95 bits per heavy atom. The Hall–Kier alpha value is -4.23. The molecule has 2 aromatic carbocycles. The maximum absolute atomic E-state index is 14.5. The molecule has 2 aromatic heterocycles. The number of pyridine rings is 1. The van der Waals surface area contributed by atoms with Crippen LogP contribution in [0.5, 0.6) is 5.75 Å². The molecule has 1 amide bonds. The number of carboxylic acid groups (broad SMARTS) is 1. The molecule has 0 bridgehead atoms. The standard InChI is InChI=1S/C30H25ClF4N4O4S/c1-43-19-5-2-4-16(10-19)8-9-17-13-39(14-21(17)28(41)42)26-23(31)11-18(12-36-26)27(40)38-29-37-24(15-44-29)20-6-3-7-22(25(20)32)30(33,34)35/h2-7,10-12,15,17,21H,8-9,13-14H2,1H3,(H,41,42)(H,37,38,40)/t17-,21-/m0/s1. The van der Waals surface area contributed by atoms with Crippen molar-refractivity contribution >= 4 is 45.8 Å². The number of nitrogens with zero attached hydrogens (tertiary/aromatic N) is 3. The molecule has 0 radical (unpaired) electrons. The maximum Gasteiger partial charge on any atom is 0.419 e. The van der Waals surface area contributed by atoms with Gasteiger partial charge in [-0.15, -0.1) is 11.3 Å². The van der Waals surface area contributed by atoms with E-state index in [-0.39, 0.29) is 39.4 Å². The van der Waals surface area contributed by atoms with Crippen molar-refractivity contribution in [3.63, 3.8) is 0 Å². The zero-order valence-electron chi connectivity index (χ0n) is 23.1. The van der Waals surface area contributed by atoms with Crippen LogP contribution in [-0.2, 0) is 17.4 Å². The van der Waals surface area contributed by atoms with Gasteiger partial charge in [0.05, 0.1) is 34.9 Å². The summed E-state index contributed by atoms with van der Waals surface area (Å²) in [6, 6.07) is 11.9. The van der Waals surface area contributed by atoms with Crippen molar-refractivity contribution in [3.05, 3.63) is 87.6 Å². The third kappa shape index (κ3) is 6.78. The predicted molar refractivity (Wildman–Crippen MR) is 158 cm³/mol. The first-order chi connectivity index (χ1) is 20.9. The molecule has 230 valence electrons. The van der Waals surface area contributed by atoms with Gasteiger partial charge in [-0.25, -0.2) is 14.4 Å². The number of hydrogen-bond donors (Lipinski definition) is 2. The number of aliphatic carboxylic acids is 1. The summed E-state index contributed by atoms with van der Waals surface area (Å²) in [6.45, 7) is 0.609. The molecule has 8 nitrogen and oxygen atoms in total. The molecule has 5 rings (SSSR count). The number of carboxylic acids is 1. The van der Waals surface area contributed by atoms with E-state index in [1.807, 2.05) is 24.3 Å². The van der Waals surface area contributed by atoms with Crippen molar-refractivity contribution in [1.29, 1.82) is 0 Å². The summed E-state index contributed by atoms with van der Waals surface area (Å²) >= 11 is 7.41. The maximum atomic E-state index is 14.5. The second kappa shape index (κ2) is 12.8. The summed E-state index contributed by atoms with van der Waals surface area (Å²) in [7, 11) is 1.59. The van der Waals surface area contributed by atoms with Crippen molar-refractivity contribution in [2.75, 3.05) is 30.4 Å². The number of alkyl halides is 3. The lowest BCUT2D eigenvalue weighted by Gasteiger charge is -2.19. The molecular formula is C30H25ClF4N4O4S. The summed E-state index contributed by atoms with van der Waals surface area (Å²) < 4.78 is 59.1. The minimum Gasteiger partial charge on any atom is -0.497 e. The lowest BCUT2D eigenvalue weighted by molar-refractivity contribution is -0.142. The molecular weight excluding hydrogens is 624 g/mol. The summed E-state index contributed by atoms with van der Waals surface area (Å²) in [5.74, 6) is -2.74. The van der Waals surface area contributed by atoms with Crippen molar-refractivity contribution in [1.82, 2.24) is 9.97 Å². The van der Waals surface area contributed by atoms with E-state index in [2.05, 4.69) is 15.3 Å². The van der Waals surface area contributed by atoms with Gasteiger partial charge in [-0.3, -0.25) is 14.9 Å². The topological polar surface area (TPSA) is 105 Å². The fourth-order valence-electron chi connectivity index (χ4n) is 5.16. The third-order valence-corrected chi connectivity index (χ3v) is 8.42. The molecule has 0 unspecified atom stereocenters. The van der Waals surface area contributed by atoms with Gasteiger partial charge in [0.25, 0.3) is 5.91 Å². The van der Waals surface area contributed by atoms with Gasteiger partial charge in [-0.1, -0.05) is 29.8 Å². The number of halogens is 5. The molecule has 14 heteroatoms. The predicted octanol–water partition coefficient (Wildman–Crippen LogP) is 7.05. The van der Waals surface area contributed by atoms with Crippen LogP contribution in [0.1, 0.15) is 27.9 Å². The average molecular weight is 649 g/mol. The van der Waals surface area contributed by atoms with Crippen molar-refractivity contribution in [3.8, 4) is 17.0 Å². The van der Waals surface area contributed by atoms with E-state index in [9.17, 15) is 32.3 Å². The van der Waals surface area contributed by atoms with Crippen LogP contribution in [0.15, 0.2) is 60.1 Å². The zero-order valence-corrected chi connectivity index (χ0v) is 24.6. The van der Waals surface area contributed by atoms with Crippen molar-refractivity contribution in [2.45, 2.75) is 19.0 Å². The Balaban J connectivity index is 1.26. The number of aromatic nitrogens is 2. The van der Waals surface area contributed by atoms with Crippen molar-refractivity contribution in [2.24, 2.45) is 11.8 Å². The fourth-order valence-corrected chi connectivity index (χ4v) is 6.15. The van der Waals surface area contributed by atoms with E-state index >= 15 is 0 Å². The zero-order chi connectivity index (χ0) is 31.6. The molecule has 1 saturated heterocycles. The summed E-state index contributed by atoms with van der Waals surface area (Å²) in [5.41, 5.74) is -0.721. The van der Waals surface area contributed by atoms with Gasteiger partial charge >= 0.3 is 12.1 Å². The smallest absolute Gasteiger partial charge is 0.419 e. The normalized spacial score (nSPS) is 16.6. The number of carbonyl (C=O) groups is 2. The van der Waals surface area contributed by atoms with Gasteiger partial charge in [0, 0.05) is 30.2 Å². The number of thiazole rings is 1. The van der Waals surface area contributed by atoms with Gasteiger partial charge in [-0.05, 0) is 54.7 Å². The number of hydrogen-bond acceptors (Lipinski definition) is 7. The second-order valence-corrected chi connectivity index (χ2v) is 11.5. The van der Waals surface area contributed by atoms with Crippen LogP contribution in [0.3, 0.4) is 0 Å². The number of aryl methyl sites for hydroxylation is 1. The number of anilines is 2. The second-order valence-electron chi connectivity index (χ2n) is 10.2. The van der Waals surface area contributed by atoms with E-state index in [0.29, 0.717) is 31.3 Å². The van der Waals surface area contributed by atoms with Crippen LogP contribution in [0.25, 0.3) is 11.3 Å². The minimum absolute atomic E-state index is 0.0322. The third-order valence-electron chi connectivity index (χ3n) is 7.38. The Bertz CT molecular complexity index is 1700. The molecule has 0 spiro atoms. The number of nitrogens with one attached hydrogen (secondary N) is 1. The monoisotopic (exact) mass is 648 g/mol. The molecule has 4 aromatic rings. The Morgan fingerprint density at radius 1 is 1.18 bits per heavy atom. The van der Waals surface area contributed by atoms with E-state index in [4.69, 9.17) is 16.3 Å². The largest absolute Gasteiger partial charge is 0.497 e. The van der Waals surface area contributed by atoms with Gasteiger partial charge in [-0.2, -0.15) is 13.2 Å². The van der Waals surface area contributed by atoms with Crippen molar-refractivity contribution < 1.29 is 37.0 Å². The summed E-state index contributed by atoms with van der Waals surface area (Å²) in [4.78, 5) is 35.1. The molecule has 1 aliphatic heterocycles. The molecule has 44 heavy (non-hydrogen) atoms. The highest BCUT2D eigenvalue weighted by atomic mass is 35.5. The van der Waals surface area contributed by atoms with E-state index < -0.39 is 35.4 Å². The van der Waals surface area contributed by atoms with Crippen LogP contribution in [-0.4, -0.2) is 47.2 Å². The van der Waals surface area contributed by atoms with E-state index in [0.717, 1.165) is 28.7 Å². The first-order valence-electron chi connectivity index (χ1n) is 13.3. The van der Waals surface area contributed by atoms with Gasteiger partial charge < -0.3 is 14.7 Å². The molecule has 2 N–H and O–H groups in total. The number of amides is 1. The quantitative estimate of drug-likeness (QED) is 0.188. The first kappa shape index (κ1) is 31.2. The summed E-state index contributed by atoms with van der Waals surface area (Å²) in [5, 5.41) is 13.9. The lowest BCUT2D eigenvalue weighted by atomic mass is 9.90. The number of methoxy groups -OCH3 is 1. The SMILES string of the molecule is COc1cccc(CC[C@H]2CN(c3ncc(C(=O)Nc4nc(-c5cccc(C(F)(F)F)c5F)cs4)cc3Cl)C[C@@H]2C(=O)O)c1. The molecule has 2 atom stereocenters. The van der Waals surface area contributed by atoms with E-state index in [1.165, 1.54) is 23.7 Å². The van der Waals surface area contributed by atoms with Gasteiger partial charge in [0.1, 0.15) is 17.4 Å². The highest BCUT2D eigenvalue weighted by Crippen LogP contribution is 2.37. The first-order valence-corrected chi connectivity index (χ1v) is 14.6. The van der Waals surface area contributed by atoms with Crippen LogP contribution < -0.4 is 15.0 Å². The number of ether oxygens (including phenoxy) is 1. The molecule has 3 heterocycles. The van der Waals surface area contributed by atoms with Crippen LogP contribution in [0.2, 0.25) is 5.02 Å². The number of rotatable bonds is 9. The highest BCUT2D eigenvalue weighted by Gasteiger charge is 2.39. The summed E-state index contributed by atoms with van der Waals surface area (Å²) in [6.07, 6.45) is -2.29. The van der Waals surface area contributed by atoms with Crippen LogP contribution in [0, 0.1) is 17.7 Å². The fraction of sp³-hybridized carbons (Fsp3) is 0.267. The molecule has 1 fully saturated rings. The Kier molecular flexibility index (Phi) is 9.07. The van der Waals surface area contributed by atoms with Gasteiger partial charge in [0.2, 0.25) is 0 Å². The Labute approximate surface area is 258 Å². The number of carbonyl (C=O) groups excluding carboxylic acids is 1. The van der Waals surface area contributed by atoms with Crippen LogP contribution >= 0.6 is 22.9 Å². The molecule has 0 aliphatic carbocycles. The molecule has 0 saturated carbocycles.